The molecule has 3 aromatic rings. The van der Waals surface area contributed by atoms with Crippen molar-refractivity contribution in [3.05, 3.63) is 65.9 Å². The van der Waals surface area contributed by atoms with Gasteiger partial charge in [-0.25, -0.2) is 13.6 Å². The summed E-state index contributed by atoms with van der Waals surface area (Å²) < 4.78 is 22.7. The number of primary sulfonamides is 1. The number of para-hydroxylation sites is 1. The first-order valence-electron chi connectivity index (χ1n) is 6.91. The molecule has 0 aliphatic heterocycles. The highest BCUT2D eigenvalue weighted by molar-refractivity contribution is 7.89. The number of carbonyl (C=O) groups is 1. The van der Waals surface area contributed by atoms with E-state index in [2.05, 4.69) is 10.3 Å². The molecule has 0 aliphatic carbocycles. The van der Waals surface area contributed by atoms with Gasteiger partial charge in [0.2, 0.25) is 10.0 Å². The summed E-state index contributed by atoms with van der Waals surface area (Å²) in [6, 6.07) is 15.5. The van der Waals surface area contributed by atoms with Crippen molar-refractivity contribution in [2.24, 2.45) is 5.14 Å². The van der Waals surface area contributed by atoms with E-state index in [4.69, 9.17) is 5.14 Å². The fourth-order valence-electron chi connectivity index (χ4n) is 2.31. The van der Waals surface area contributed by atoms with Crippen LogP contribution in [-0.2, 0) is 16.6 Å². The number of nitrogens with one attached hydrogen (secondary N) is 2. The summed E-state index contributed by atoms with van der Waals surface area (Å²) in [6.45, 7) is 0.206. The van der Waals surface area contributed by atoms with Gasteiger partial charge in [0.15, 0.2) is 0 Å². The molecule has 6 nitrogen and oxygen atoms in total. The third kappa shape index (κ3) is 3.41. The van der Waals surface area contributed by atoms with Crippen LogP contribution in [0.15, 0.2) is 59.5 Å². The largest absolute Gasteiger partial charge is 0.351 e. The maximum atomic E-state index is 12.2. The van der Waals surface area contributed by atoms with E-state index in [0.717, 1.165) is 10.9 Å². The van der Waals surface area contributed by atoms with Crippen LogP contribution >= 0.6 is 0 Å². The van der Waals surface area contributed by atoms with Gasteiger partial charge in [0.05, 0.1) is 4.90 Å². The molecule has 2 aromatic carbocycles. The highest BCUT2D eigenvalue weighted by atomic mass is 32.2. The number of aromatic nitrogens is 1. The standard InChI is InChI=1S/C16H15N3O3S/c17-23(21,22)13-6-3-4-11(8-13)10-18-16(20)15-9-12-5-1-2-7-14(12)19-15/h1-9,19H,10H2,(H,18,20)(H2,17,21,22). The number of carbonyl (C=O) groups excluding carboxylic acids is 1. The van der Waals surface area contributed by atoms with Crippen LogP contribution in [0.5, 0.6) is 0 Å². The second-order valence-corrected chi connectivity index (χ2v) is 6.71. The minimum Gasteiger partial charge on any atom is -0.351 e. The van der Waals surface area contributed by atoms with Crippen molar-refractivity contribution in [3.8, 4) is 0 Å². The van der Waals surface area contributed by atoms with Crippen LogP contribution in [0, 0.1) is 0 Å². The Labute approximate surface area is 133 Å². The number of amides is 1. The zero-order valence-corrected chi connectivity index (χ0v) is 12.9. The number of rotatable bonds is 4. The minimum absolute atomic E-state index is 0.0230. The summed E-state index contributed by atoms with van der Waals surface area (Å²) in [5.74, 6) is -0.262. The third-order valence-electron chi connectivity index (χ3n) is 3.45. The van der Waals surface area contributed by atoms with Crippen LogP contribution in [-0.4, -0.2) is 19.3 Å². The van der Waals surface area contributed by atoms with E-state index in [9.17, 15) is 13.2 Å². The van der Waals surface area contributed by atoms with E-state index in [1.165, 1.54) is 12.1 Å². The molecular formula is C16H15N3O3S. The lowest BCUT2D eigenvalue weighted by Crippen LogP contribution is -2.23. The van der Waals surface area contributed by atoms with Crippen molar-refractivity contribution in [1.82, 2.24) is 10.3 Å². The van der Waals surface area contributed by atoms with Crippen molar-refractivity contribution in [2.75, 3.05) is 0 Å². The summed E-state index contributed by atoms with van der Waals surface area (Å²) in [6.07, 6.45) is 0. The van der Waals surface area contributed by atoms with Gasteiger partial charge in [-0.15, -0.1) is 0 Å². The first kappa shape index (κ1) is 15.3. The van der Waals surface area contributed by atoms with Crippen LogP contribution in [0.4, 0.5) is 0 Å². The normalized spacial score (nSPS) is 11.5. The number of hydrogen-bond donors (Lipinski definition) is 3. The molecule has 0 spiro atoms. The Bertz CT molecular complexity index is 944. The van der Waals surface area contributed by atoms with Gasteiger partial charge in [0.25, 0.3) is 5.91 Å². The predicted molar refractivity (Wildman–Crippen MR) is 87.3 cm³/mol. The van der Waals surface area contributed by atoms with Crippen molar-refractivity contribution < 1.29 is 13.2 Å². The Morgan fingerprint density at radius 1 is 1.09 bits per heavy atom. The smallest absolute Gasteiger partial charge is 0.267 e. The van der Waals surface area contributed by atoms with Gasteiger partial charge in [-0.05, 0) is 29.8 Å². The quantitative estimate of drug-likeness (QED) is 0.679. The predicted octanol–water partition coefficient (Wildman–Crippen LogP) is 1.75. The summed E-state index contributed by atoms with van der Waals surface area (Å²) in [7, 11) is -3.75. The molecule has 0 radical (unpaired) electrons. The lowest BCUT2D eigenvalue weighted by atomic mass is 10.2. The molecule has 3 rings (SSSR count). The maximum Gasteiger partial charge on any atom is 0.267 e. The van der Waals surface area contributed by atoms with Crippen molar-refractivity contribution in [1.29, 1.82) is 0 Å². The zero-order chi connectivity index (χ0) is 16.4. The van der Waals surface area contributed by atoms with Crippen molar-refractivity contribution in [2.45, 2.75) is 11.4 Å². The minimum atomic E-state index is -3.75. The highest BCUT2D eigenvalue weighted by Gasteiger charge is 2.11. The van der Waals surface area contributed by atoms with Crippen LogP contribution in [0.25, 0.3) is 10.9 Å². The molecule has 0 saturated heterocycles. The number of benzene rings is 2. The molecule has 0 fully saturated rings. The van der Waals surface area contributed by atoms with Gasteiger partial charge in [-0.1, -0.05) is 30.3 Å². The van der Waals surface area contributed by atoms with Crippen LogP contribution in [0.2, 0.25) is 0 Å². The monoisotopic (exact) mass is 329 g/mol. The number of nitrogens with two attached hydrogens (primary N) is 1. The van der Waals surface area contributed by atoms with E-state index in [1.54, 1.807) is 18.2 Å². The summed E-state index contributed by atoms with van der Waals surface area (Å²) in [5, 5.41) is 8.80. The highest BCUT2D eigenvalue weighted by Crippen LogP contribution is 2.15. The van der Waals surface area contributed by atoms with E-state index in [1.807, 2.05) is 24.3 Å². The summed E-state index contributed by atoms with van der Waals surface area (Å²) >= 11 is 0. The molecule has 118 valence electrons. The second kappa shape index (κ2) is 5.86. The first-order chi connectivity index (χ1) is 10.9. The van der Waals surface area contributed by atoms with Gasteiger partial charge >= 0.3 is 0 Å². The molecule has 1 amide bonds. The van der Waals surface area contributed by atoms with E-state index >= 15 is 0 Å². The second-order valence-electron chi connectivity index (χ2n) is 5.15. The van der Waals surface area contributed by atoms with Gasteiger partial charge in [0, 0.05) is 17.4 Å². The van der Waals surface area contributed by atoms with E-state index in [-0.39, 0.29) is 17.3 Å². The third-order valence-corrected chi connectivity index (χ3v) is 4.37. The average Bonchev–Trinajstić information content (AvgIpc) is 2.96. The lowest BCUT2D eigenvalue weighted by molar-refractivity contribution is 0.0946. The SMILES string of the molecule is NS(=O)(=O)c1cccc(CNC(=O)c2cc3ccccc3[nH]2)c1. The van der Waals surface area contributed by atoms with Crippen molar-refractivity contribution >= 4 is 26.8 Å². The molecule has 0 aliphatic rings. The van der Waals surface area contributed by atoms with Gasteiger partial charge in [0.1, 0.15) is 5.69 Å². The fraction of sp³-hybridized carbons (Fsp3) is 0.0625. The summed E-state index contributed by atoms with van der Waals surface area (Å²) in [4.78, 5) is 15.2. The Hall–Kier alpha value is -2.64. The van der Waals surface area contributed by atoms with Gasteiger partial charge in [-0.3, -0.25) is 4.79 Å². The molecule has 4 N–H and O–H groups in total. The molecule has 0 saturated carbocycles. The Balaban J connectivity index is 1.74. The number of H-pyrrole nitrogens is 1. The number of aromatic amines is 1. The number of hydrogen-bond acceptors (Lipinski definition) is 3. The van der Waals surface area contributed by atoms with E-state index in [0.29, 0.717) is 11.3 Å². The maximum absolute atomic E-state index is 12.2. The fourth-order valence-corrected chi connectivity index (χ4v) is 2.89. The number of fused-ring (bicyclic) bond motifs is 1. The van der Waals surface area contributed by atoms with Gasteiger partial charge in [-0.2, -0.15) is 0 Å². The van der Waals surface area contributed by atoms with Crippen molar-refractivity contribution in [3.63, 3.8) is 0 Å². The molecule has 7 heteroatoms. The summed E-state index contributed by atoms with van der Waals surface area (Å²) in [5.41, 5.74) is 1.99. The molecular weight excluding hydrogens is 314 g/mol. The first-order valence-corrected chi connectivity index (χ1v) is 8.46. The lowest BCUT2D eigenvalue weighted by Gasteiger charge is -2.05. The molecule has 1 aromatic heterocycles. The molecule has 0 unspecified atom stereocenters. The molecule has 23 heavy (non-hydrogen) atoms. The van der Waals surface area contributed by atoms with Crippen LogP contribution < -0.4 is 10.5 Å². The molecule has 0 atom stereocenters. The topological polar surface area (TPSA) is 105 Å². The molecule has 0 bridgehead atoms. The zero-order valence-electron chi connectivity index (χ0n) is 12.1. The van der Waals surface area contributed by atoms with E-state index < -0.39 is 10.0 Å². The average molecular weight is 329 g/mol. The van der Waals surface area contributed by atoms with Crippen LogP contribution in [0.1, 0.15) is 16.1 Å². The Morgan fingerprint density at radius 3 is 2.61 bits per heavy atom. The Kier molecular flexibility index (Phi) is 3.89. The van der Waals surface area contributed by atoms with Crippen LogP contribution in [0.3, 0.4) is 0 Å². The van der Waals surface area contributed by atoms with Gasteiger partial charge < -0.3 is 10.3 Å². The Morgan fingerprint density at radius 2 is 1.87 bits per heavy atom. The number of sulfonamides is 1. The molecule has 1 heterocycles.